The number of amides is 1. The number of hydrogen-bond donors (Lipinski definition) is 2. The summed E-state index contributed by atoms with van der Waals surface area (Å²) in [7, 11) is 3.67. The summed E-state index contributed by atoms with van der Waals surface area (Å²) in [4.78, 5) is 15.7. The van der Waals surface area contributed by atoms with E-state index in [-0.39, 0.29) is 17.6 Å². The van der Waals surface area contributed by atoms with Gasteiger partial charge in [0.15, 0.2) is 0 Å². The number of nitrogens with one attached hydrogen (secondary N) is 1. The van der Waals surface area contributed by atoms with Crippen molar-refractivity contribution in [3.8, 4) is 11.5 Å². The van der Waals surface area contributed by atoms with Crippen molar-refractivity contribution in [2.75, 3.05) is 40.4 Å². The monoisotopic (exact) mass is 582 g/mol. The third-order valence-electron chi connectivity index (χ3n) is 9.35. The number of unbranched alkanes of at least 4 members (excludes halogenated alkanes) is 1. The number of likely N-dealkylation sites (tertiary alicyclic amines) is 1. The lowest BCUT2D eigenvalue weighted by Gasteiger charge is -2.43. The minimum atomic E-state index is -1.18. The first-order chi connectivity index (χ1) is 20.4. The topological polar surface area (TPSA) is 71.0 Å². The highest BCUT2D eigenvalue weighted by Crippen LogP contribution is 2.44. The fourth-order valence-corrected chi connectivity index (χ4v) is 7.13. The first kappa shape index (κ1) is 32.4. The van der Waals surface area contributed by atoms with Crippen LogP contribution >= 0.6 is 0 Å². The molecule has 2 fully saturated rings. The Balaban J connectivity index is 1.52. The van der Waals surface area contributed by atoms with Crippen molar-refractivity contribution in [3.63, 3.8) is 0 Å². The zero-order chi connectivity index (χ0) is 29.8. The van der Waals surface area contributed by atoms with Crippen LogP contribution in [0.15, 0.2) is 48.5 Å². The molecule has 42 heavy (non-hydrogen) atoms. The van der Waals surface area contributed by atoms with Gasteiger partial charge in [0.25, 0.3) is 0 Å². The fourth-order valence-electron chi connectivity index (χ4n) is 7.13. The molecule has 2 aromatic carbocycles. The van der Waals surface area contributed by atoms with E-state index in [9.17, 15) is 14.3 Å². The minimum Gasteiger partial charge on any atom is -0.457 e. The highest BCUT2D eigenvalue weighted by molar-refractivity contribution is 5.76. The Morgan fingerprint density at radius 1 is 1.07 bits per heavy atom. The van der Waals surface area contributed by atoms with Gasteiger partial charge in [-0.3, -0.25) is 4.79 Å². The molecule has 1 aliphatic carbocycles. The second kappa shape index (κ2) is 16.4. The third kappa shape index (κ3) is 9.01. The van der Waals surface area contributed by atoms with E-state index in [2.05, 4.69) is 5.32 Å². The lowest BCUT2D eigenvalue weighted by atomic mass is 9.73. The normalized spacial score (nSPS) is 20.2. The quantitative estimate of drug-likeness (QED) is 0.220. The van der Waals surface area contributed by atoms with Crippen LogP contribution in [0.2, 0.25) is 0 Å². The standard InChI is InChI=1S/C35H51FN2O4/c1-37-25-28(23-27-11-4-3-5-12-27)24-34(39)38-21-10-13-29(26-38)35(40,20-8-9-22-41-2)32-14-6-7-15-33(32)42-31-18-16-30(36)17-19-31/h6-7,14-19,27-29,37,40H,3-5,8-13,20-26H2,1-2H3/t28-,29-,35+/m1/s1. The van der Waals surface area contributed by atoms with Crippen LogP contribution in [0.25, 0.3) is 0 Å². The van der Waals surface area contributed by atoms with Gasteiger partial charge in [-0.2, -0.15) is 0 Å². The van der Waals surface area contributed by atoms with Gasteiger partial charge in [0, 0.05) is 44.7 Å². The number of para-hydroxylation sites is 1. The van der Waals surface area contributed by atoms with Gasteiger partial charge in [0.05, 0.1) is 5.60 Å². The molecule has 0 bridgehead atoms. The number of aliphatic hydroxyl groups is 1. The SMILES string of the molecule is CNC[C@@H](CC(=O)N1CCC[C@@H]([C@@](O)(CCCCOC)c2ccccc2Oc2ccc(F)cc2)C1)CC1CCCCC1. The zero-order valence-corrected chi connectivity index (χ0v) is 25.7. The first-order valence-electron chi connectivity index (χ1n) is 16.1. The average Bonchev–Trinajstić information content (AvgIpc) is 3.01. The molecule has 7 heteroatoms. The summed E-state index contributed by atoms with van der Waals surface area (Å²) < 4.78 is 25.0. The first-order valence-corrected chi connectivity index (χ1v) is 16.1. The Kier molecular flexibility index (Phi) is 12.7. The second-order valence-electron chi connectivity index (χ2n) is 12.5. The van der Waals surface area contributed by atoms with Crippen LogP contribution in [0.1, 0.15) is 82.6 Å². The highest BCUT2D eigenvalue weighted by atomic mass is 19.1. The van der Waals surface area contributed by atoms with E-state index in [0.29, 0.717) is 43.4 Å². The molecule has 2 aromatic rings. The number of rotatable bonds is 15. The Bertz CT molecular complexity index is 1090. The third-order valence-corrected chi connectivity index (χ3v) is 9.35. The van der Waals surface area contributed by atoms with Gasteiger partial charge >= 0.3 is 0 Å². The van der Waals surface area contributed by atoms with Gasteiger partial charge in [-0.1, -0.05) is 50.3 Å². The zero-order valence-electron chi connectivity index (χ0n) is 25.7. The molecule has 0 unspecified atom stereocenters. The number of piperidine rings is 1. The molecule has 2 N–H and O–H groups in total. The summed E-state index contributed by atoms with van der Waals surface area (Å²) in [6.45, 7) is 2.75. The van der Waals surface area contributed by atoms with Gasteiger partial charge in [-0.25, -0.2) is 4.39 Å². The number of benzene rings is 2. The van der Waals surface area contributed by atoms with Crippen molar-refractivity contribution in [2.45, 2.75) is 82.7 Å². The predicted octanol–water partition coefficient (Wildman–Crippen LogP) is 7.06. The molecule has 6 nitrogen and oxygen atoms in total. The van der Waals surface area contributed by atoms with Crippen molar-refractivity contribution in [1.82, 2.24) is 10.2 Å². The Morgan fingerprint density at radius 3 is 2.57 bits per heavy atom. The Morgan fingerprint density at radius 2 is 1.83 bits per heavy atom. The summed E-state index contributed by atoms with van der Waals surface area (Å²) in [6, 6.07) is 13.5. The second-order valence-corrected chi connectivity index (χ2v) is 12.5. The maximum Gasteiger partial charge on any atom is 0.222 e. The predicted molar refractivity (Wildman–Crippen MR) is 165 cm³/mol. The van der Waals surface area contributed by atoms with E-state index in [1.165, 1.54) is 44.2 Å². The van der Waals surface area contributed by atoms with E-state index in [1.807, 2.05) is 36.2 Å². The number of halogens is 1. The number of methoxy groups -OCH3 is 1. The van der Waals surface area contributed by atoms with E-state index in [0.717, 1.165) is 56.7 Å². The van der Waals surface area contributed by atoms with E-state index in [1.54, 1.807) is 19.2 Å². The summed E-state index contributed by atoms with van der Waals surface area (Å²) in [5, 5.41) is 15.9. The van der Waals surface area contributed by atoms with Crippen LogP contribution in [0.3, 0.4) is 0 Å². The van der Waals surface area contributed by atoms with E-state index < -0.39 is 5.60 Å². The molecule has 1 amide bonds. The molecule has 0 radical (unpaired) electrons. The van der Waals surface area contributed by atoms with Gasteiger partial charge in [0.1, 0.15) is 17.3 Å². The lowest BCUT2D eigenvalue weighted by Crippen LogP contribution is -2.48. The maximum absolute atomic E-state index is 13.7. The molecular formula is C35H51FN2O4. The van der Waals surface area contributed by atoms with Gasteiger partial charge in [-0.15, -0.1) is 0 Å². The molecule has 1 heterocycles. The molecule has 3 atom stereocenters. The molecule has 0 spiro atoms. The molecule has 232 valence electrons. The number of ether oxygens (including phenoxy) is 2. The Hall–Kier alpha value is -2.48. The molecule has 1 saturated heterocycles. The molecule has 4 rings (SSSR count). The largest absolute Gasteiger partial charge is 0.457 e. The molecular weight excluding hydrogens is 531 g/mol. The number of carbonyl (C=O) groups is 1. The van der Waals surface area contributed by atoms with Crippen LogP contribution < -0.4 is 10.1 Å². The average molecular weight is 583 g/mol. The van der Waals surface area contributed by atoms with Crippen LogP contribution in [-0.4, -0.2) is 56.3 Å². The van der Waals surface area contributed by atoms with Crippen molar-refractivity contribution in [1.29, 1.82) is 0 Å². The van der Waals surface area contributed by atoms with Crippen LogP contribution in [-0.2, 0) is 15.1 Å². The van der Waals surface area contributed by atoms with Crippen molar-refractivity contribution in [2.24, 2.45) is 17.8 Å². The summed E-state index contributed by atoms with van der Waals surface area (Å²) in [6.07, 6.45) is 12.1. The van der Waals surface area contributed by atoms with Crippen LogP contribution in [0.4, 0.5) is 4.39 Å². The smallest absolute Gasteiger partial charge is 0.222 e. The van der Waals surface area contributed by atoms with Crippen LogP contribution in [0, 0.1) is 23.6 Å². The van der Waals surface area contributed by atoms with Crippen molar-refractivity contribution in [3.05, 3.63) is 59.9 Å². The van der Waals surface area contributed by atoms with Gasteiger partial charge in [-0.05, 0) is 94.3 Å². The molecule has 1 aliphatic heterocycles. The van der Waals surface area contributed by atoms with Crippen molar-refractivity contribution >= 4 is 5.91 Å². The maximum atomic E-state index is 13.7. The summed E-state index contributed by atoms with van der Waals surface area (Å²) in [5.41, 5.74) is -0.466. The van der Waals surface area contributed by atoms with Gasteiger partial charge in [0.2, 0.25) is 5.91 Å². The number of nitrogens with zero attached hydrogens (tertiary/aromatic N) is 1. The lowest BCUT2D eigenvalue weighted by molar-refractivity contribution is -0.138. The molecule has 0 aromatic heterocycles. The van der Waals surface area contributed by atoms with Crippen molar-refractivity contribution < 1.29 is 23.8 Å². The van der Waals surface area contributed by atoms with Crippen LogP contribution in [0.5, 0.6) is 11.5 Å². The summed E-state index contributed by atoms with van der Waals surface area (Å²) >= 11 is 0. The van der Waals surface area contributed by atoms with Gasteiger partial charge < -0.3 is 24.8 Å². The summed E-state index contributed by atoms with van der Waals surface area (Å²) in [5.74, 6) is 1.89. The highest BCUT2D eigenvalue weighted by Gasteiger charge is 2.43. The Labute approximate surface area is 252 Å². The number of hydrogen-bond acceptors (Lipinski definition) is 5. The minimum absolute atomic E-state index is 0.128. The van der Waals surface area contributed by atoms with E-state index in [4.69, 9.17) is 9.47 Å². The number of carbonyl (C=O) groups excluding carboxylic acids is 1. The molecule has 2 aliphatic rings. The fraction of sp³-hybridized carbons (Fsp3) is 0.629. The van der Waals surface area contributed by atoms with E-state index >= 15 is 0 Å². The molecule has 1 saturated carbocycles.